The van der Waals surface area contributed by atoms with Crippen molar-refractivity contribution in [3.63, 3.8) is 0 Å². The van der Waals surface area contributed by atoms with Crippen LogP contribution in [0.4, 0.5) is 0 Å². The second kappa shape index (κ2) is 5.96. The van der Waals surface area contributed by atoms with E-state index in [2.05, 4.69) is 29.2 Å². The van der Waals surface area contributed by atoms with Crippen LogP contribution in [0.2, 0.25) is 5.02 Å². The molecule has 1 N–H and O–H groups in total. The van der Waals surface area contributed by atoms with Crippen molar-refractivity contribution in [3.8, 4) is 0 Å². The first-order valence-electron chi connectivity index (χ1n) is 6.96. The Morgan fingerprint density at radius 3 is 2.70 bits per heavy atom. The fourth-order valence-electron chi connectivity index (χ4n) is 2.78. The molecule has 0 saturated heterocycles. The average Bonchev–Trinajstić information content (AvgIpc) is 2.47. The molecule has 0 spiro atoms. The van der Waals surface area contributed by atoms with Crippen LogP contribution in [-0.4, -0.2) is 22.8 Å². The van der Waals surface area contributed by atoms with E-state index in [9.17, 15) is 5.11 Å². The molecular formula is C17H18ClNO. The van der Waals surface area contributed by atoms with Crippen LogP contribution in [0.5, 0.6) is 0 Å². The van der Waals surface area contributed by atoms with Gasteiger partial charge < -0.3 is 5.11 Å². The Hall–Kier alpha value is -1.35. The lowest BCUT2D eigenvalue weighted by atomic mass is 9.99. The number of hydrogen-bond donors (Lipinski definition) is 1. The fourth-order valence-corrected chi connectivity index (χ4v) is 2.99. The molecule has 0 aliphatic carbocycles. The molecule has 0 unspecified atom stereocenters. The lowest BCUT2D eigenvalue weighted by molar-refractivity contribution is -0.00489. The minimum Gasteiger partial charge on any atom is -0.378 e. The Labute approximate surface area is 124 Å². The van der Waals surface area contributed by atoms with E-state index in [1.54, 1.807) is 0 Å². The summed E-state index contributed by atoms with van der Waals surface area (Å²) in [5.74, 6) is 0. The molecule has 20 heavy (non-hydrogen) atoms. The molecule has 2 nitrogen and oxygen atoms in total. The average molecular weight is 288 g/mol. The van der Waals surface area contributed by atoms with Crippen LogP contribution < -0.4 is 0 Å². The minimum absolute atomic E-state index is 0.457. The monoisotopic (exact) mass is 287 g/mol. The van der Waals surface area contributed by atoms with Crippen LogP contribution in [0.25, 0.3) is 0 Å². The second-order valence-electron chi connectivity index (χ2n) is 5.30. The Kier molecular flexibility index (Phi) is 4.06. The standard InChI is InChI=1S/C17H18ClNO/c18-16-7-3-4-13(10-16)11-17(20)19-9-8-14-5-1-2-6-15(14)12-19/h1-7,10,17,20H,8-9,11-12H2/t17-/m0/s1. The molecule has 104 valence electrons. The van der Waals surface area contributed by atoms with Crippen LogP contribution >= 0.6 is 11.6 Å². The number of aliphatic hydroxyl groups is 1. The Bertz CT molecular complexity index is 599. The molecule has 0 fully saturated rings. The van der Waals surface area contributed by atoms with E-state index in [0.29, 0.717) is 6.42 Å². The zero-order valence-electron chi connectivity index (χ0n) is 11.3. The van der Waals surface area contributed by atoms with Crippen molar-refractivity contribution in [2.75, 3.05) is 6.54 Å². The molecule has 0 radical (unpaired) electrons. The van der Waals surface area contributed by atoms with Crippen molar-refractivity contribution in [1.82, 2.24) is 4.90 Å². The van der Waals surface area contributed by atoms with E-state index in [1.807, 2.05) is 24.3 Å². The van der Waals surface area contributed by atoms with Gasteiger partial charge in [0.05, 0.1) is 0 Å². The molecule has 2 aromatic rings. The third-order valence-corrected chi connectivity index (χ3v) is 4.12. The van der Waals surface area contributed by atoms with Crippen LogP contribution in [0, 0.1) is 0 Å². The van der Waals surface area contributed by atoms with E-state index >= 15 is 0 Å². The molecular weight excluding hydrogens is 270 g/mol. The number of benzene rings is 2. The summed E-state index contributed by atoms with van der Waals surface area (Å²) in [4.78, 5) is 2.13. The van der Waals surface area contributed by atoms with Crippen molar-refractivity contribution < 1.29 is 5.11 Å². The van der Waals surface area contributed by atoms with Gasteiger partial charge in [0.25, 0.3) is 0 Å². The first kappa shape index (κ1) is 13.6. The van der Waals surface area contributed by atoms with Gasteiger partial charge in [-0.3, -0.25) is 4.90 Å². The molecule has 2 aromatic carbocycles. The smallest absolute Gasteiger partial charge is 0.111 e. The van der Waals surface area contributed by atoms with Crippen LogP contribution in [-0.2, 0) is 19.4 Å². The quantitative estimate of drug-likeness (QED) is 0.937. The van der Waals surface area contributed by atoms with Gasteiger partial charge in [-0.25, -0.2) is 0 Å². The van der Waals surface area contributed by atoms with Gasteiger partial charge >= 0.3 is 0 Å². The molecule has 0 bridgehead atoms. The fraction of sp³-hybridized carbons (Fsp3) is 0.294. The van der Waals surface area contributed by atoms with E-state index in [-0.39, 0.29) is 0 Å². The van der Waals surface area contributed by atoms with Gasteiger partial charge in [0, 0.05) is 24.5 Å². The maximum atomic E-state index is 10.4. The Balaban J connectivity index is 1.68. The zero-order valence-corrected chi connectivity index (χ0v) is 12.1. The highest BCUT2D eigenvalue weighted by molar-refractivity contribution is 6.30. The molecule has 1 aliphatic rings. The Morgan fingerprint density at radius 2 is 1.90 bits per heavy atom. The molecule has 3 rings (SSSR count). The highest BCUT2D eigenvalue weighted by Gasteiger charge is 2.21. The van der Waals surface area contributed by atoms with E-state index in [1.165, 1.54) is 11.1 Å². The van der Waals surface area contributed by atoms with Gasteiger partial charge in [-0.1, -0.05) is 48.0 Å². The summed E-state index contributed by atoms with van der Waals surface area (Å²) in [7, 11) is 0. The molecule has 0 amide bonds. The summed E-state index contributed by atoms with van der Waals surface area (Å²) in [5, 5.41) is 11.1. The second-order valence-corrected chi connectivity index (χ2v) is 5.74. The highest BCUT2D eigenvalue weighted by Crippen LogP contribution is 2.21. The lowest BCUT2D eigenvalue weighted by Crippen LogP contribution is -2.40. The molecule has 0 saturated carbocycles. The summed E-state index contributed by atoms with van der Waals surface area (Å²) in [5.41, 5.74) is 3.80. The van der Waals surface area contributed by atoms with Crippen molar-refractivity contribution >= 4 is 11.6 Å². The topological polar surface area (TPSA) is 23.5 Å². The third-order valence-electron chi connectivity index (χ3n) is 3.89. The summed E-state index contributed by atoms with van der Waals surface area (Å²) in [6.45, 7) is 1.72. The van der Waals surface area contributed by atoms with E-state index in [0.717, 1.165) is 30.1 Å². The molecule has 1 atom stereocenters. The number of aliphatic hydroxyl groups excluding tert-OH is 1. The predicted octanol–water partition coefficient (Wildman–Crippen LogP) is 3.26. The van der Waals surface area contributed by atoms with Gasteiger partial charge in [-0.05, 0) is 35.2 Å². The molecule has 1 heterocycles. The minimum atomic E-state index is -0.457. The third kappa shape index (κ3) is 3.04. The lowest BCUT2D eigenvalue weighted by Gasteiger charge is -2.32. The van der Waals surface area contributed by atoms with Crippen LogP contribution in [0.15, 0.2) is 48.5 Å². The van der Waals surface area contributed by atoms with Crippen LogP contribution in [0.3, 0.4) is 0 Å². The van der Waals surface area contributed by atoms with Crippen molar-refractivity contribution in [2.24, 2.45) is 0 Å². The maximum Gasteiger partial charge on any atom is 0.111 e. The van der Waals surface area contributed by atoms with E-state index < -0.39 is 6.23 Å². The summed E-state index contributed by atoms with van der Waals surface area (Å²) >= 11 is 5.99. The summed E-state index contributed by atoms with van der Waals surface area (Å²) in [6.07, 6.45) is 1.16. The molecule has 0 aromatic heterocycles. The molecule has 1 aliphatic heterocycles. The van der Waals surface area contributed by atoms with Gasteiger partial charge in [0.1, 0.15) is 6.23 Å². The van der Waals surface area contributed by atoms with Gasteiger partial charge in [0.2, 0.25) is 0 Å². The number of nitrogens with zero attached hydrogens (tertiary/aromatic N) is 1. The number of hydrogen-bond acceptors (Lipinski definition) is 2. The highest BCUT2D eigenvalue weighted by atomic mass is 35.5. The van der Waals surface area contributed by atoms with E-state index in [4.69, 9.17) is 11.6 Å². The molecule has 3 heteroatoms. The normalized spacial score (nSPS) is 16.7. The Morgan fingerprint density at radius 1 is 1.10 bits per heavy atom. The van der Waals surface area contributed by atoms with Gasteiger partial charge in [-0.15, -0.1) is 0 Å². The number of fused-ring (bicyclic) bond motifs is 1. The number of halogens is 1. The summed E-state index contributed by atoms with van der Waals surface area (Å²) < 4.78 is 0. The van der Waals surface area contributed by atoms with Gasteiger partial charge in [-0.2, -0.15) is 0 Å². The first-order chi connectivity index (χ1) is 9.72. The predicted molar refractivity (Wildman–Crippen MR) is 81.7 cm³/mol. The van der Waals surface area contributed by atoms with Crippen molar-refractivity contribution in [1.29, 1.82) is 0 Å². The zero-order chi connectivity index (χ0) is 13.9. The summed E-state index contributed by atoms with van der Waals surface area (Å²) in [6, 6.07) is 16.2. The largest absolute Gasteiger partial charge is 0.378 e. The maximum absolute atomic E-state index is 10.4. The van der Waals surface area contributed by atoms with Crippen molar-refractivity contribution in [3.05, 3.63) is 70.2 Å². The van der Waals surface area contributed by atoms with Crippen LogP contribution in [0.1, 0.15) is 16.7 Å². The first-order valence-corrected chi connectivity index (χ1v) is 7.33. The van der Waals surface area contributed by atoms with Crippen molar-refractivity contribution in [2.45, 2.75) is 25.6 Å². The SMILES string of the molecule is O[C@@H](Cc1cccc(Cl)c1)N1CCc2ccccc2C1. The van der Waals surface area contributed by atoms with Gasteiger partial charge in [0.15, 0.2) is 0 Å². The number of rotatable bonds is 3.